The number of rotatable bonds is 8. The highest BCUT2D eigenvalue weighted by molar-refractivity contribution is 7.89. The van der Waals surface area contributed by atoms with Crippen molar-refractivity contribution in [3.05, 3.63) is 35.9 Å². The summed E-state index contributed by atoms with van der Waals surface area (Å²) in [4.78, 5) is 15.5. The Bertz CT molecular complexity index is 680. The highest BCUT2D eigenvalue weighted by Crippen LogP contribution is 2.38. The number of carbonyl (C=O) groups excluding carboxylic acids is 1. The van der Waals surface area contributed by atoms with Gasteiger partial charge in [-0.3, -0.25) is 4.79 Å². The van der Waals surface area contributed by atoms with Crippen molar-refractivity contribution in [2.24, 2.45) is 0 Å². The van der Waals surface area contributed by atoms with Crippen molar-refractivity contribution in [1.29, 1.82) is 0 Å². The molecule has 0 N–H and O–H groups in total. The maximum Gasteiger partial charge on any atom is 0.233 e. The van der Waals surface area contributed by atoms with E-state index in [0.717, 1.165) is 24.9 Å². The third-order valence-corrected chi connectivity index (χ3v) is 7.40. The van der Waals surface area contributed by atoms with E-state index in [1.807, 2.05) is 42.2 Å². The van der Waals surface area contributed by atoms with Crippen molar-refractivity contribution in [2.75, 3.05) is 31.9 Å². The van der Waals surface area contributed by atoms with Crippen LogP contribution in [0.4, 0.5) is 0 Å². The van der Waals surface area contributed by atoms with Gasteiger partial charge >= 0.3 is 0 Å². The minimum absolute atomic E-state index is 0.108. The van der Waals surface area contributed by atoms with Crippen LogP contribution in [-0.4, -0.2) is 55.5 Å². The van der Waals surface area contributed by atoms with Crippen LogP contribution in [0.15, 0.2) is 30.3 Å². The summed E-state index contributed by atoms with van der Waals surface area (Å²) in [5.74, 6) is 0.254. The lowest BCUT2D eigenvalue weighted by atomic mass is 9.72. The lowest BCUT2D eigenvalue weighted by molar-refractivity contribution is -0.139. The van der Waals surface area contributed by atoms with E-state index < -0.39 is 15.4 Å². The van der Waals surface area contributed by atoms with Gasteiger partial charge in [0.2, 0.25) is 15.9 Å². The molecule has 1 aromatic rings. The van der Waals surface area contributed by atoms with Crippen LogP contribution >= 0.6 is 0 Å². The van der Waals surface area contributed by atoms with Gasteiger partial charge in [0.25, 0.3) is 0 Å². The van der Waals surface area contributed by atoms with Gasteiger partial charge in [-0.25, -0.2) is 12.7 Å². The minimum atomic E-state index is -3.21. The second-order valence-corrected chi connectivity index (χ2v) is 9.24. The first-order chi connectivity index (χ1) is 12.4. The van der Waals surface area contributed by atoms with E-state index in [4.69, 9.17) is 0 Å². The third-order valence-electron chi connectivity index (χ3n) is 5.52. The largest absolute Gasteiger partial charge is 0.342 e. The molecule has 1 heterocycles. The highest BCUT2D eigenvalue weighted by Gasteiger charge is 2.46. The third kappa shape index (κ3) is 4.29. The molecule has 1 aliphatic rings. The van der Waals surface area contributed by atoms with Crippen LogP contribution in [0.3, 0.4) is 0 Å². The van der Waals surface area contributed by atoms with Gasteiger partial charge in [-0.2, -0.15) is 0 Å². The Morgan fingerprint density at radius 2 is 1.73 bits per heavy atom. The Morgan fingerprint density at radius 1 is 1.12 bits per heavy atom. The predicted molar refractivity (Wildman–Crippen MR) is 106 cm³/mol. The van der Waals surface area contributed by atoms with E-state index in [2.05, 4.69) is 6.92 Å². The first kappa shape index (κ1) is 20.9. The second-order valence-electron chi connectivity index (χ2n) is 6.99. The quantitative estimate of drug-likeness (QED) is 0.696. The van der Waals surface area contributed by atoms with Crippen LogP contribution in [0.5, 0.6) is 0 Å². The summed E-state index contributed by atoms with van der Waals surface area (Å²) in [6, 6.07) is 9.89. The van der Waals surface area contributed by atoms with Crippen LogP contribution < -0.4 is 0 Å². The zero-order chi connectivity index (χ0) is 19.2. The number of hydrogen-bond donors (Lipinski definition) is 0. The highest BCUT2D eigenvalue weighted by atomic mass is 32.2. The maximum atomic E-state index is 13.5. The molecule has 5 nitrogen and oxygen atoms in total. The molecule has 6 heteroatoms. The van der Waals surface area contributed by atoms with Crippen molar-refractivity contribution in [3.8, 4) is 0 Å². The van der Waals surface area contributed by atoms with Gasteiger partial charge in [-0.1, -0.05) is 43.7 Å². The predicted octanol–water partition coefficient (Wildman–Crippen LogP) is 3.02. The Hall–Kier alpha value is -1.40. The summed E-state index contributed by atoms with van der Waals surface area (Å²) in [5.41, 5.74) is 0.388. The van der Waals surface area contributed by atoms with Gasteiger partial charge in [-0.05, 0) is 38.7 Å². The molecule has 146 valence electrons. The molecule has 0 saturated carbocycles. The van der Waals surface area contributed by atoms with Crippen LogP contribution in [0.1, 0.15) is 52.0 Å². The van der Waals surface area contributed by atoms with E-state index in [-0.39, 0.29) is 11.7 Å². The summed E-state index contributed by atoms with van der Waals surface area (Å²) in [6.07, 6.45) is 3.11. The topological polar surface area (TPSA) is 57.7 Å². The van der Waals surface area contributed by atoms with E-state index >= 15 is 0 Å². The molecular weight excluding hydrogens is 348 g/mol. The molecule has 0 bridgehead atoms. The zero-order valence-electron chi connectivity index (χ0n) is 16.3. The number of sulfonamides is 1. The Morgan fingerprint density at radius 3 is 2.23 bits per heavy atom. The smallest absolute Gasteiger partial charge is 0.233 e. The molecule has 2 rings (SSSR count). The molecule has 0 radical (unpaired) electrons. The molecule has 0 aliphatic carbocycles. The van der Waals surface area contributed by atoms with Crippen molar-refractivity contribution in [2.45, 2.75) is 51.9 Å². The number of nitrogens with zero attached hydrogens (tertiary/aromatic N) is 2. The zero-order valence-corrected chi connectivity index (χ0v) is 17.1. The van der Waals surface area contributed by atoms with Gasteiger partial charge < -0.3 is 4.90 Å². The number of hydrogen-bond acceptors (Lipinski definition) is 3. The summed E-state index contributed by atoms with van der Waals surface area (Å²) in [6.45, 7) is 8.07. The number of piperidine rings is 1. The molecule has 1 aliphatic heterocycles. The minimum Gasteiger partial charge on any atom is -0.342 e. The van der Waals surface area contributed by atoms with E-state index in [1.165, 1.54) is 0 Å². The van der Waals surface area contributed by atoms with Gasteiger partial charge in [-0.15, -0.1) is 0 Å². The summed E-state index contributed by atoms with van der Waals surface area (Å²) in [5, 5.41) is 0. The van der Waals surface area contributed by atoms with Crippen molar-refractivity contribution in [1.82, 2.24) is 9.21 Å². The lowest BCUT2D eigenvalue weighted by Crippen LogP contribution is -2.54. The lowest BCUT2D eigenvalue weighted by Gasteiger charge is -2.43. The van der Waals surface area contributed by atoms with Gasteiger partial charge in [0.15, 0.2) is 0 Å². The number of amides is 1. The normalized spacial score (nSPS) is 17.8. The van der Waals surface area contributed by atoms with Crippen LogP contribution in [-0.2, 0) is 20.2 Å². The molecule has 1 fully saturated rings. The SMILES string of the molecule is CCCCN(CC)C(=O)C1(c2ccccc2)CCN(S(=O)(=O)CC)CC1. The number of benzene rings is 1. The molecule has 0 unspecified atom stereocenters. The molecule has 0 atom stereocenters. The van der Waals surface area contributed by atoms with Crippen LogP contribution in [0.2, 0.25) is 0 Å². The number of likely N-dealkylation sites (N-methyl/N-ethyl adjacent to an activating group) is 1. The molecule has 1 amide bonds. The molecule has 1 aromatic carbocycles. The first-order valence-electron chi connectivity index (χ1n) is 9.74. The van der Waals surface area contributed by atoms with Gasteiger partial charge in [0, 0.05) is 26.2 Å². The van der Waals surface area contributed by atoms with Gasteiger partial charge in [0.1, 0.15) is 0 Å². The van der Waals surface area contributed by atoms with Gasteiger partial charge in [0.05, 0.1) is 11.2 Å². The number of carbonyl (C=O) groups is 1. The molecule has 26 heavy (non-hydrogen) atoms. The molecular formula is C20H32N2O3S. The summed E-state index contributed by atoms with van der Waals surface area (Å²) in [7, 11) is -3.21. The van der Waals surface area contributed by atoms with Crippen LogP contribution in [0, 0.1) is 0 Å². The second kappa shape index (κ2) is 9.00. The fraction of sp³-hybridized carbons (Fsp3) is 0.650. The van der Waals surface area contributed by atoms with Crippen molar-refractivity contribution in [3.63, 3.8) is 0 Å². The van der Waals surface area contributed by atoms with Crippen LogP contribution in [0.25, 0.3) is 0 Å². The number of unbranched alkanes of at least 4 members (excludes halogenated alkanes) is 1. The fourth-order valence-corrected chi connectivity index (χ4v) is 4.87. The molecule has 1 saturated heterocycles. The summed E-state index contributed by atoms with van der Waals surface area (Å²) >= 11 is 0. The average molecular weight is 381 g/mol. The monoisotopic (exact) mass is 380 g/mol. The standard InChI is InChI=1S/C20H32N2O3S/c1-4-7-15-21(5-2)19(23)20(18-11-9-8-10-12-18)13-16-22(17-14-20)26(24,25)6-3/h8-12H,4-7,13-17H2,1-3H3. The maximum absolute atomic E-state index is 13.5. The molecule has 0 spiro atoms. The fourth-order valence-electron chi connectivity index (χ4n) is 3.77. The van der Waals surface area contributed by atoms with Crippen molar-refractivity contribution >= 4 is 15.9 Å². The van der Waals surface area contributed by atoms with Crippen molar-refractivity contribution < 1.29 is 13.2 Å². The Labute approximate surface area is 158 Å². The average Bonchev–Trinajstić information content (AvgIpc) is 2.69. The van der Waals surface area contributed by atoms with E-state index in [9.17, 15) is 13.2 Å². The molecule has 0 aromatic heterocycles. The Kier molecular flexibility index (Phi) is 7.24. The first-order valence-corrected chi connectivity index (χ1v) is 11.3. The Balaban J connectivity index is 2.33. The van der Waals surface area contributed by atoms with E-state index in [0.29, 0.717) is 32.5 Å². The summed E-state index contributed by atoms with van der Waals surface area (Å²) < 4.78 is 26.0. The van der Waals surface area contributed by atoms with E-state index in [1.54, 1.807) is 11.2 Å².